The van der Waals surface area contributed by atoms with Gasteiger partial charge in [0.1, 0.15) is 0 Å². The Kier molecular flexibility index (Phi) is 7.79. The van der Waals surface area contributed by atoms with Crippen LogP contribution in [0.2, 0.25) is 0 Å². The first-order valence-electron chi connectivity index (χ1n) is 18.3. The summed E-state index contributed by atoms with van der Waals surface area (Å²) >= 11 is 0. The number of nitrogens with one attached hydrogen (secondary N) is 2. The van der Waals surface area contributed by atoms with Gasteiger partial charge in [0.2, 0.25) is 0 Å². The van der Waals surface area contributed by atoms with Crippen LogP contribution in [0.1, 0.15) is 11.1 Å². The van der Waals surface area contributed by atoms with Gasteiger partial charge in [-0.05, 0) is 76.9 Å². The zero-order valence-electron chi connectivity index (χ0n) is 29.7. The third-order valence-electron chi connectivity index (χ3n) is 10.3. The number of hydrogen-bond donors (Lipinski definition) is 2. The molecule has 0 spiro atoms. The Balaban J connectivity index is 1.09. The summed E-state index contributed by atoms with van der Waals surface area (Å²) in [5.74, 6) is 0.754. The maximum atomic E-state index is 9.29. The number of nitrogens with zero attached hydrogens (tertiary/aromatic N) is 3. The highest BCUT2D eigenvalue weighted by Crippen LogP contribution is 2.37. The van der Waals surface area contributed by atoms with Gasteiger partial charge in [0.25, 0.3) is 0 Å². The number of benzene rings is 7. The molecule has 0 aliphatic rings. The van der Waals surface area contributed by atoms with Crippen LogP contribution in [-0.2, 0) is 0 Å². The Bertz CT molecular complexity index is 3060. The van der Waals surface area contributed by atoms with Crippen LogP contribution in [0.25, 0.3) is 71.6 Å². The van der Waals surface area contributed by atoms with E-state index in [4.69, 9.17) is 4.99 Å². The minimum atomic E-state index is 0.175. The van der Waals surface area contributed by atoms with Crippen LogP contribution in [0.5, 0.6) is 0 Å². The normalized spacial score (nSPS) is 11.7. The fourth-order valence-corrected chi connectivity index (χ4v) is 7.75. The first kappa shape index (κ1) is 32.0. The number of para-hydroxylation sites is 2. The highest BCUT2D eigenvalue weighted by molar-refractivity contribution is 6.17. The van der Waals surface area contributed by atoms with Crippen molar-refractivity contribution in [1.82, 2.24) is 9.24 Å². The average Bonchev–Trinajstić information content (AvgIpc) is 3.76. The van der Waals surface area contributed by atoms with Gasteiger partial charge in [-0.1, -0.05) is 146 Å². The highest BCUT2D eigenvalue weighted by Gasteiger charge is 2.18. The smallest absolute Gasteiger partial charge is 0.154 e. The zero-order valence-corrected chi connectivity index (χ0v) is 29.7. The van der Waals surface area contributed by atoms with E-state index >= 15 is 0 Å². The van der Waals surface area contributed by atoms with E-state index in [-0.39, 0.29) is 5.84 Å². The number of aromatic nitrogens is 2. The molecule has 2 N–H and O–H groups in total. The molecule has 8 aromatic carbocycles. The molecule has 2 heterocycles. The molecule has 0 aliphatic carbocycles. The van der Waals surface area contributed by atoms with Crippen molar-refractivity contribution in [2.45, 2.75) is 0 Å². The van der Waals surface area contributed by atoms with E-state index in [1.54, 1.807) is 0 Å². The Hall–Kier alpha value is -7.68. The van der Waals surface area contributed by atoms with Crippen molar-refractivity contribution in [2.24, 2.45) is 4.99 Å². The Morgan fingerprint density at radius 1 is 0.509 bits per heavy atom. The molecular weight excluding hydrogens is 671 g/mol. The van der Waals surface area contributed by atoms with E-state index in [1.165, 1.54) is 10.8 Å². The summed E-state index contributed by atoms with van der Waals surface area (Å²) in [6, 6.07) is 70.9. The molecular formula is C50H33N5. The largest absolute Gasteiger partial charge is 0.302 e. The summed E-state index contributed by atoms with van der Waals surface area (Å²) in [6.07, 6.45) is 0. The van der Waals surface area contributed by atoms with Gasteiger partial charge in [-0.25, -0.2) is 4.99 Å². The standard InChI is InChI=1S/C50H33N5/c51-49(42-25-11-10-22-39(42)34-16-4-1-5-17-34)52-50(35-18-6-2-7-19-35)53-55-47-27-15-13-24-41(47)44-33-37(29-31-48(44)55)36-28-30-46-43(32-36)40-23-12-14-26-45(40)54(46)38-20-8-3-9-21-38/h1-8,10-20,22-33H,(H2,51,52,53). The SMILES string of the molecule is N=C(N=C(Nn1c2ccccc2c2cc(-c3ccc4c(c3)c3ccccc3n4-c3c#cccc3)ccc21)c1ccccc1)c1ccccc1-c1ccccc1. The molecule has 0 amide bonds. The van der Waals surface area contributed by atoms with Gasteiger partial charge in [0.05, 0.1) is 27.8 Å². The van der Waals surface area contributed by atoms with E-state index in [0.717, 1.165) is 71.9 Å². The quantitative estimate of drug-likeness (QED) is 0.131. The van der Waals surface area contributed by atoms with Crippen molar-refractivity contribution >= 4 is 55.3 Å². The Morgan fingerprint density at radius 3 is 1.84 bits per heavy atom. The Morgan fingerprint density at radius 2 is 1.09 bits per heavy atom. The van der Waals surface area contributed by atoms with E-state index in [0.29, 0.717) is 5.84 Å². The van der Waals surface area contributed by atoms with Crippen molar-refractivity contribution in [2.75, 3.05) is 5.43 Å². The summed E-state index contributed by atoms with van der Waals surface area (Å²) in [4.78, 5) is 5.00. The molecule has 10 rings (SSSR count). The molecule has 10 aromatic rings. The van der Waals surface area contributed by atoms with Gasteiger partial charge in [-0.3, -0.25) is 15.5 Å². The molecule has 0 radical (unpaired) electrons. The van der Waals surface area contributed by atoms with Crippen molar-refractivity contribution in [3.05, 3.63) is 211 Å². The lowest BCUT2D eigenvalue weighted by Crippen LogP contribution is -2.25. The number of rotatable bonds is 6. The summed E-state index contributed by atoms with van der Waals surface area (Å²) in [7, 11) is 0. The van der Waals surface area contributed by atoms with Crippen molar-refractivity contribution < 1.29 is 0 Å². The molecule has 0 aliphatic heterocycles. The number of fused-ring (bicyclic) bond motifs is 6. The van der Waals surface area contributed by atoms with Crippen LogP contribution in [0.3, 0.4) is 0 Å². The lowest BCUT2D eigenvalue weighted by Gasteiger charge is -2.15. The van der Waals surface area contributed by atoms with E-state index in [2.05, 4.69) is 130 Å². The van der Waals surface area contributed by atoms with Gasteiger partial charge in [-0.2, -0.15) is 0 Å². The minimum Gasteiger partial charge on any atom is -0.302 e. The van der Waals surface area contributed by atoms with Gasteiger partial charge in [0.15, 0.2) is 11.7 Å². The molecule has 55 heavy (non-hydrogen) atoms. The fourth-order valence-electron chi connectivity index (χ4n) is 7.75. The molecule has 5 heteroatoms. The van der Waals surface area contributed by atoms with Crippen molar-refractivity contribution in [3.8, 4) is 27.9 Å². The summed E-state index contributed by atoms with van der Waals surface area (Å²) in [5.41, 5.74) is 14.9. The molecule has 2 aromatic heterocycles. The molecule has 0 unspecified atom stereocenters. The molecule has 0 atom stereocenters. The summed E-state index contributed by atoms with van der Waals surface area (Å²) in [5, 5.41) is 13.9. The zero-order chi connectivity index (χ0) is 36.7. The average molecular weight is 704 g/mol. The predicted octanol–water partition coefficient (Wildman–Crippen LogP) is 11.8. The van der Waals surface area contributed by atoms with Crippen LogP contribution >= 0.6 is 0 Å². The monoisotopic (exact) mass is 703 g/mol. The second kappa shape index (κ2) is 13.4. The molecule has 0 saturated heterocycles. The molecule has 0 bridgehead atoms. The van der Waals surface area contributed by atoms with Crippen LogP contribution in [0.15, 0.2) is 193 Å². The summed E-state index contributed by atoms with van der Waals surface area (Å²) < 4.78 is 4.36. The number of hydrogen-bond acceptors (Lipinski definition) is 1. The van der Waals surface area contributed by atoms with Crippen LogP contribution in [0, 0.1) is 17.5 Å². The van der Waals surface area contributed by atoms with Crippen LogP contribution < -0.4 is 5.43 Å². The molecule has 5 nitrogen and oxygen atoms in total. The molecule has 258 valence electrons. The van der Waals surface area contributed by atoms with Crippen molar-refractivity contribution in [3.63, 3.8) is 0 Å². The summed E-state index contributed by atoms with van der Waals surface area (Å²) in [6.45, 7) is 0. The maximum Gasteiger partial charge on any atom is 0.154 e. The topological polar surface area (TPSA) is 58.1 Å². The molecule has 0 fully saturated rings. The van der Waals surface area contributed by atoms with Crippen LogP contribution in [-0.4, -0.2) is 20.9 Å². The fraction of sp³-hybridized carbons (Fsp3) is 0. The maximum absolute atomic E-state index is 9.29. The molecule has 0 saturated carbocycles. The number of aliphatic imine (C=N–C) groups is 1. The second-order valence-corrected chi connectivity index (χ2v) is 13.5. The van der Waals surface area contributed by atoms with E-state index in [1.807, 2.05) is 84.9 Å². The van der Waals surface area contributed by atoms with E-state index in [9.17, 15) is 5.41 Å². The third-order valence-corrected chi connectivity index (χ3v) is 10.3. The van der Waals surface area contributed by atoms with E-state index < -0.39 is 0 Å². The van der Waals surface area contributed by atoms with Gasteiger partial charge in [0, 0.05) is 32.7 Å². The van der Waals surface area contributed by atoms with Gasteiger partial charge < -0.3 is 4.57 Å². The van der Waals surface area contributed by atoms with Crippen molar-refractivity contribution in [1.29, 1.82) is 5.41 Å². The van der Waals surface area contributed by atoms with Gasteiger partial charge >= 0.3 is 0 Å². The van der Waals surface area contributed by atoms with Crippen LogP contribution in [0.4, 0.5) is 0 Å². The third kappa shape index (κ3) is 5.61. The lowest BCUT2D eigenvalue weighted by molar-refractivity contribution is 1.08. The first-order chi connectivity index (χ1) is 27.2. The highest BCUT2D eigenvalue weighted by atomic mass is 15.4. The van der Waals surface area contributed by atoms with Gasteiger partial charge in [-0.15, -0.1) is 0 Å². The lowest BCUT2D eigenvalue weighted by atomic mass is 9.99. The predicted molar refractivity (Wildman–Crippen MR) is 228 cm³/mol. The number of amidine groups is 2. The minimum absolute atomic E-state index is 0.175. The second-order valence-electron chi connectivity index (χ2n) is 13.5. The first-order valence-corrected chi connectivity index (χ1v) is 18.3. The Labute approximate surface area is 318 Å².